The lowest BCUT2D eigenvalue weighted by Gasteiger charge is -2.38. The predicted octanol–water partition coefficient (Wildman–Crippen LogP) is 1.45. The Bertz CT molecular complexity index is 1060. The fraction of sp³-hybridized carbons (Fsp3) is 0.500. The highest BCUT2D eigenvalue weighted by Gasteiger charge is 2.72. The van der Waals surface area contributed by atoms with E-state index in [1.807, 2.05) is 19.1 Å². The molecule has 2 saturated heterocycles. The summed E-state index contributed by atoms with van der Waals surface area (Å²) in [5, 5.41) is 10.1. The van der Waals surface area contributed by atoms with Crippen molar-refractivity contribution in [3.05, 3.63) is 48.6 Å². The van der Waals surface area contributed by atoms with Crippen LogP contribution in [-0.4, -0.2) is 78.4 Å². The molecule has 4 aliphatic rings. The minimum absolute atomic E-state index is 0.230. The van der Waals surface area contributed by atoms with Crippen molar-refractivity contribution in [3.8, 4) is 5.75 Å². The smallest absolute Gasteiger partial charge is 0.312 e. The predicted molar refractivity (Wildman–Crippen MR) is 126 cm³/mol. The molecule has 9 nitrogen and oxygen atoms in total. The highest BCUT2D eigenvalue weighted by molar-refractivity contribution is 6.05. The number of methoxy groups -OCH3 is 1. The third-order valence-corrected chi connectivity index (χ3v) is 7.52. The van der Waals surface area contributed by atoms with Gasteiger partial charge in [0.1, 0.15) is 23.3 Å². The number of amides is 2. The lowest BCUT2D eigenvalue weighted by Crippen LogP contribution is -2.58. The third-order valence-electron chi connectivity index (χ3n) is 7.52. The van der Waals surface area contributed by atoms with Gasteiger partial charge in [-0.25, -0.2) is 0 Å². The van der Waals surface area contributed by atoms with Crippen LogP contribution in [0.3, 0.4) is 0 Å². The summed E-state index contributed by atoms with van der Waals surface area (Å²) in [6.07, 6.45) is 7.60. The van der Waals surface area contributed by atoms with Crippen molar-refractivity contribution >= 4 is 23.5 Å². The van der Waals surface area contributed by atoms with Crippen LogP contribution in [0.5, 0.6) is 5.75 Å². The molecule has 35 heavy (non-hydrogen) atoms. The Kier molecular flexibility index (Phi) is 6.14. The van der Waals surface area contributed by atoms with Gasteiger partial charge in [-0.2, -0.15) is 0 Å². The summed E-state index contributed by atoms with van der Waals surface area (Å²) in [5.41, 5.74) is -0.699. The van der Waals surface area contributed by atoms with Crippen molar-refractivity contribution in [2.45, 2.75) is 43.6 Å². The molecule has 0 aliphatic carbocycles. The minimum atomic E-state index is -1.35. The number of nitrogens with zero attached hydrogens (tertiary/aromatic N) is 2. The molecule has 2 amide bonds. The second-order valence-electron chi connectivity index (χ2n) is 9.27. The second kappa shape index (κ2) is 9.13. The van der Waals surface area contributed by atoms with Gasteiger partial charge in [-0.15, -0.1) is 0 Å². The van der Waals surface area contributed by atoms with Crippen LogP contribution in [0.25, 0.3) is 0 Å². The fourth-order valence-electron chi connectivity index (χ4n) is 5.85. The molecule has 4 aliphatic heterocycles. The number of likely N-dealkylation sites (tertiary alicyclic amines) is 1. The number of rotatable bonds is 5. The molecule has 1 N–H and O–H groups in total. The van der Waals surface area contributed by atoms with Crippen molar-refractivity contribution in [2.75, 3.05) is 31.8 Å². The second-order valence-corrected chi connectivity index (χ2v) is 9.27. The molecule has 2 fully saturated rings. The average molecular weight is 483 g/mol. The molecule has 0 saturated carbocycles. The number of hydrogen-bond donors (Lipinski definition) is 1. The van der Waals surface area contributed by atoms with Crippen molar-refractivity contribution in [2.24, 2.45) is 11.8 Å². The van der Waals surface area contributed by atoms with E-state index in [2.05, 4.69) is 0 Å². The first-order chi connectivity index (χ1) is 17.0. The monoisotopic (exact) mass is 482 g/mol. The van der Waals surface area contributed by atoms with E-state index in [0.29, 0.717) is 24.3 Å². The lowest BCUT2D eigenvalue weighted by atomic mass is 9.77. The standard InChI is InChI=1S/C26H30N2O7/c1-3-16(15-29)28-22-24(31)27(17-8-10-18(33-2)11-9-17)13-6-12-26(22)21(23(28)30)20-19(35-26)7-4-5-14-34-25(20)32/h4,6-12,16,19-22,29H,3,5,13-15H2,1-2H3/t16-,19-,20+,21-,22?,26-/m0/s1. The van der Waals surface area contributed by atoms with Gasteiger partial charge in [0.25, 0.3) is 5.91 Å². The molecule has 1 aromatic carbocycles. The van der Waals surface area contributed by atoms with Crippen LogP contribution in [0, 0.1) is 11.8 Å². The van der Waals surface area contributed by atoms with Crippen LogP contribution < -0.4 is 9.64 Å². The van der Waals surface area contributed by atoms with Crippen molar-refractivity contribution in [1.82, 2.24) is 4.90 Å². The van der Waals surface area contributed by atoms with E-state index < -0.39 is 41.6 Å². The molecular formula is C26H30N2O7. The van der Waals surface area contributed by atoms with Gasteiger partial charge in [0.05, 0.1) is 38.4 Å². The number of aliphatic hydroxyl groups is 1. The van der Waals surface area contributed by atoms with Gasteiger partial charge < -0.3 is 29.1 Å². The maximum absolute atomic E-state index is 14.2. The number of fused-ring (bicyclic) bond motifs is 2. The van der Waals surface area contributed by atoms with Crippen LogP contribution in [-0.2, 0) is 23.9 Å². The molecular weight excluding hydrogens is 452 g/mol. The molecule has 1 aromatic rings. The highest BCUT2D eigenvalue weighted by atomic mass is 16.6. The normalized spacial score (nSPS) is 32.8. The van der Waals surface area contributed by atoms with E-state index in [1.54, 1.807) is 48.4 Å². The van der Waals surface area contributed by atoms with Gasteiger partial charge in [-0.05, 0) is 37.1 Å². The molecule has 186 valence electrons. The van der Waals surface area contributed by atoms with Crippen LogP contribution in [0.4, 0.5) is 5.69 Å². The largest absolute Gasteiger partial charge is 0.497 e. The number of ether oxygens (including phenoxy) is 3. The first-order valence-electron chi connectivity index (χ1n) is 12.0. The van der Waals surface area contributed by atoms with E-state index >= 15 is 0 Å². The summed E-state index contributed by atoms with van der Waals surface area (Å²) in [6.45, 7) is 2.05. The Morgan fingerprint density at radius 2 is 1.94 bits per heavy atom. The van der Waals surface area contributed by atoms with Crippen molar-refractivity contribution in [1.29, 1.82) is 0 Å². The number of esters is 1. The van der Waals surface area contributed by atoms with Crippen molar-refractivity contribution < 1.29 is 33.7 Å². The zero-order chi connectivity index (χ0) is 24.7. The van der Waals surface area contributed by atoms with Gasteiger partial charge in [0, 0.05) is 12.2 Å². The molecule has 0 aromatic heterocycles. The Hall–Kier alpha value is -3.17. The fourth-order valence-corrected chi connectivity index (χ4v) is 5.85. The molecule has 9 heteroatoms. The summed E-state index contributed by atoms with van der Waals surface area (Å²) >= 11 is 0. The lowest BCUT2D eigenvalue weighted by molar-refractivity contribution is -0.155. The molecule has 4 heterocycles. The van der Waals surface area contributed by atoms with Gasteiger partial charge in [-0.1, -0.05) is 31.2 Å². The zero-order valence-electron chi connectivity index (χ0n) is 19.8. The maximum Gasteiger partial charge on any atom is 0.312 e. The summed E-state index contributed by atoms with van der Waals surface area (Å²) in [7, 11) is 1.57. The van der Waals surface area contributed by atoms with Crippen LogP contribution in [0.1, 0.15) is 19.8 Å². The number of hydrogen-bond acceptors (Lipinski definition) is 7. The van der Waals surface area contributed by atoms with Crippen molar-refractivity contribution in [3.63, 3.8) is 0 Å². The molecule has 1 unspecified atom stereocenters. The number of aliphatic hydroxyl groups excluding tert-OH is 1. The molecule has 0 bridgehead atoms. The van der Waals surface area contributed by atoms with Gasteiger partial charge in [0.15, 0.2) is 0 Å². The third kappa shape index (κ3) is 3.56. The molecule has 0 radical (unpaired) electrons. The van der Waals surface area contributed by atoms with E-state index in [0.717, 1.165) is 0 Å². The number of carbonyl (C=O) groups excluding carboxylic acids is 3. The van der Waals surface area contributed by atoms with Crippen LogP contribution >= 0.6 is 0 Å². The van der Waals surface area contributed by atoms with E-state index in [1.165, 1.54) is 4.90 Å². The summed E-state index contributed by atoms with van der Waals surface area (Å²) in [4.78, 5) is 44.3. The van der Waals surface area contributed by atoms with Crippen LogP contribution in [0.2, 0.25) is 0 Å². The Morgan fingerprint density at radius 3 is 2.63 bits per heavy atom. The molecule has 6 atom stereocenters. The van der Waals surface area contributed by atoms with Gasteiger partial charge in [-0.3, -0.25) is 14.4 Å². The van der Waals surface area contributed by atoms with Gasteiger partial charge in [0.2, 0.25) is 5.91 Å². The van der Waals surface area contributed by atoms with E-state index in [9.17, 15) is 19.5 Å². The Labute approximate surface area is 203 Å². The number of anilines is 1. The SMILES string of the molecule is CC[C@@H](CO)N1C(=O)[C@@H]2[C@@H]3C(=O)OCCC=C[C@@H]3O[C@@]23C=CCN(c2ccc(OC)cc2)C(=O)C13. The Morgan fingerprint density at radius 1 is 1.17 bits per heavy atom. The summed E-state index contributed by atoms with van der Waals surface area (Å²) < 4.78 is 17.2. The van der Waals surface area contributed by atoms with E-state index in [-0.39, 0.29) is 31.6 Å². The van der Waals surface area contributed by atoms with E-state index in [4.69, 9.17) is 14.2 Å². The first-order valence-corrected chi connectivity index (χ1v) is 12.0. The highest BCUT2D eigenvalue weighted by Crippen LogP contribution is 2.54. The average Bonchev–Trinajstić information content (AvgIpc) is 3.24. The Balaban J connectivity index is 1.62. The first kappa shape index (κ1) is 23.6. The van der Waals surface area contributed by atoms with Gasteiger partial charge >= 0.3 is 5.97 Å². The number of cyclic esters (lactones) is 1. The zero-order valence-corrected chi connectivity index (χ0v) is 19.8. The van der Waals surface area contributed by atoms with Crippen LogP contribution in [0.15, 0.2) is 48.6 Å². The number of carbonyl (C=O) groups is 3. The number of benzene rings is 1. The topological polar surface area (TPSA) is 106 Å². The molecule has 1 spiro atoms. The molecule has 5 rings (SSSR count). The summed E-state index contributed by atoms with van der Waals surface area (Å²) in [6, 6.07) is 5.48. The summed E-state index contributed by atoms with van der Waals surface area (Å²) in [5.74, 6) is -2.33. The quantitative estimate of drug-likeness (QED) is 0.500. The maximum atomic E-state index is 14.2. The minimum Gasteiger partial charge on any atom is -0.497 e.